The smallest absolute Gasteiger partial charge is 0.248 e. The Balaban J connectivity index is 1.72. The second-order valence-electron chi connectivity index (χ2n) is 4.97. The number of hydrogen-bond donors (Lipinski definition) is 1. The highest BCUT2D eigenvalue weighted by Gasteiger charge is 2.11. The van der Waals surface area contributed by atoms with Crippen molar-refractivity contribution in [2.75, 3.05) is 5.32 Å². The number of nitrogens with one attached hydrogen (secondary N) is 1. The molecule has 3 aromatic rings. The van der Waals surface area contributed by atoms with Crippen molar-refractivity contribution in [1.82, 2.24) is 10.2 Å². The van der Waals surface area contributed by atoms with Gasteiger partial charge in [-0.05, 0) is 47.1 Å². The molecular formula is C17H14BrN3O2. The quantitative estimate of drug-likeness (QED) is 0.676. The maximum atomic E-state index is 11.4. The lowest BCUT2D eigenvalue weighted by molar-refractivity contribution is 0.101. The van der Waals surface area contributed by atoms with Crippen LogP contribution in [0.1, 0.15) is 23.2 Å². The van der Waals surface area contributed by atoms with E-state index in [1.807, 2.05) is 36.4 Å². The van der Waals surface area contributed by atoms with E-state index < -0.39 is 0 Å². The fourth-order valence-electron chi connectivity index (χ4n) is 2.09. The molecule has 0 unspecified atom stereocenters. The Morgan fingerprint density at radius 2 is 2.00 bits per heavy atom. The van der Waals surface area contributed by atoms with Crippen LogP contribution in [0.4, 0.5) is 5.69 Å². The molecule has 0 saturated carbocycles. The topological polar surface area (TPSA) is 68.0 Å². The van der Waals surface area contributed by atoms with Crippen molar-refractivity contribution in [3.63, 3.8) is 0 Å². The Bertz CT molecular complexity index is 845. The highest BCUT2D eigenvalue weighted by molar-refractivity contribution is 9.10. The number of Topliss-reactive ketones (excluding diaryl/α,β-unsaturated/α-hetero) is 1. The van der Waals surface area contributed by atoms with Crippen LogP contribution in [-0.2, 0) is 6.54 Å². The maximum Gasteiger partial charge on any atom is 0.248 e. The van der Waals surface area contributed by atoms with Gasteiger partial charge < -0.3 is 9.73 Å². The van der Waals surface area contributed by atoms with Crippen molar-refractivity contribution < 1.29 is 9.21 Å². The Morgan fingerprint density at radius 1 is 1.17 bits per heavy atom. The zero-order chi connectivity index (χ0) is 16.2. The van der Waals surface area contributed by atoms with Crippen molar-refractivity contribution in [1.29, 1.82) is 0 Å². The molecule has 3 rings (SSSR count). The van der Waals surface area contributed by atoms with Crippen LogP contribution in [0.15, 0.2) is 57.4 Å². The first-order valence-electron chi connectivity index (χ1n) is 7.05. The summed E-state index contributed by atoms with van der Waals surface area (Å²) in [4.78, 5) is 11.4. The summed E-state index contributed by atoms with van der Waals surface area (Å²) >= 11 is 3.46. The standard InChI is InChI=1S/C17H14BrN3O2/c1-11(22)12-5-4-6-13(9-12)19-10-16-20-21-17(23-16)14-7-2-3-8-15(14)18/h2-9,19H,10H2,1H3. The van der Waals surface area contributed by atoms with Gasteiger partial charge >= 0.3 is 0 Å². The van der Waals surface area contributed by atoms with Crippen LogP contribution >= 0.6 is 15.9 Å². The predicted octanol–water partition coefficient (Wildman–Crippen LogP) is 4.31. The van der Waals surface area contributed by atoms with Gasteiger partial charge in [-0.15, -0.1) is 10.2 Å². The number of halogens is 1. The van der Waals surface area contributed by atoms with Crippen LogP contribution in [0.2, 0.25) is 0 Å². The van der Waals surface area contributed by atoms with E-state index in [1.165, 1.54) is 0 Å². The fourth-order valence-corrected chi connectivity index (χ4v) is 2.55. The summed E-state index contributed by atoms with van der Waals surface area (Å²) in [5.74, 6) is 0.971. The lowest BCUT2D eigenvalue weighted by Gasteiger charge is -2.04. The highest BCUT2D eigenvalue weighted by Crippen LogP contribution is 2.26. The first-order chi connectivity index (χ1) is 11.1. The van der Waals surface area contributed by atoms with Crippen molar-refractivity contribution in [3.05, 3.63) is 64.5 Å². The van der Waals surface area contributed by atoms with Gasteiger partial charge in [-0.25, -0.2) is 0 Å². The third-order valence-electron chi connectivity index (χ3n) is 3.28. The van der Waals surface area contributed by atoms with E-state index in [9.17, 15) is 4.79 Å². The van der Waals surface area contributed by atoms with Crippen LogP contribution in [0.5, 0.6) is 0 Å². The number of aromatic nitrogens is 2. The molecule has 0 aliphatic heterocycles. The van der Waals surface area contributed by atoms with Crippen LogP contribution < -0.4 is 5.32 Å². The summed E-state index contributed by atoms with van der Waals surface area (Å²) < 4.78 is 6.57. The third-order valence-corrected chi connectivity index (χ3v) is 3.98. The molecule has 2 aromatic carbocycles. The number of rotatable bonds is 5. The first-order valence-corrected chi connectivity index (χ1v) is 7.85. The van der Waals surface area contributed by atoms with Gasteiger partial charge in [0.15, 0.2) is 5.78 Å². The molecule has 6 heteroatoms. The molecule has 0 fully saturated rings. The minimum Gasteiger partial charge on any atom is -0.419 e. The van der Waals surface area contributed by atoms with E-state index in [1.54, 1.807) is 19.1 Å². The predicted molar refractivity (Wildman–Crippen MR) is 91.2 cm³/mol. The molecule has 23 heavy (non-hydrogen) atoms. The van der Waals surface area contributed by atoms with E-state index in [0.717, 1.165) is 15.7 Å². The molecule has 0 atom stereocenters. The van der Waals surface area contributed by atoms with Gasteiger partial charge in [0.25, 0.3) is 0 Å². The number of carbonyl (C=O) groups is 1. The van der Waals surface area contributed by atoms with Crippen LogP contribution in [-0.4, -0.2) is 16.0 Å². The normalized spacial score (nSPS) is 10.5. The molecule has 1 heterocycles. The van der Waals surface area contributed by atoms with Crippen LogP contribution in [0.3, 0.4) is 0 Å². The van der Waals surface area contributed by atoms with Gasteiger partial charge in [0.1, 0.15) is 0 Å². The van der Waals surface area contributed by atoms with Gasteiger partial charge in [-0.2, -0.15) is 0 Å². The molecule has 0 amide bonds. The molecule has 116 valence electrons. The molecule has 1 aromatic heterocycles. The summed E-state index contributed by atoms with van der Waals surface area (Å²) in [7, 11) is 0. The molecule has 0 saturated heterocycles. The minimum atomic E-state index is 0.0302. The van der Waals surface area contributed by atoms with Crippen LogP contribution in [0.25, 0.3) is 11.5 Å². The zero-order valence-electron chi connectivity index (χ0n) is 12.4. The molecule has 0 aliphatic carbocycles. The van der Waals surface area contributed by atoms with Crippen molar-refractivity contribution in [2.45, 2.75) is 13.5 Å². The number of benzene rings is 2. The third kappa shape index (κ3) is 3.65. The molecule has 0 bridgehead atoms. The lowest BCUT2D eigenvalue weighted by Crippen LogP contribution is -2.01. The number of ketones is 1. The summed E-state index contributed by atoms with van der Waals surface area (Å²) in [6, 6.07) is 15.0. The number of nitrogens with zero attached hydrogens (tertiary/aromatic N) is 2. The Kier molecular flexibility index (Phi) is 4.52. The summed E-state index contributed by atoms with van der Waals surface area (Å²) in [5, 5.41) is 11.3. The van der Waals surface area contributed by atoms with E-state index in [4.69, 9.17) is 4.42 Å². The minimum absolute atomic E-state index is 0.0302. The SMILES string of the molecule is CC(=O)c1cccc(NCc2nnc(-c3ccccc3Br)o2)c1. The summed E-state index contributed by atoms with van der Waals surface area (Å²) in [5.41, 5.74) is 2.35. The summed E-state index contributed by atoms with van der Waals surface area (Å²) in [6.07, 6.45) is 0. The first kappa shape index (κ1) is 15.4. The fraction of sp³-hybridized carbons (Fsp3) is 0.118. The monoisotopic (exact) mass is 371 g/mol. The van der Waals surface area contributed by atoms with Crippen molar-refractivity contribution in [3.8, 4) is 11.5 Å². The molecule has 5 nitrogen and oxygen atoms in total. The molecule has 0 aliphatic rings. The van der Waals surface area contributed by atoms with Gasteiger partial charge in [0.05, 0.1) is 12.1 Å². The van der Waals surface area contributed by atoms with Gasteiger partial charge in [-0.1, -0.05) is 24.3 Å². The van der Waals surface area contributed by atoms with Crippen molar-refractivity contribution >= 4 is 27.4 Å². The second kappa shape index (κ2) is 6.75. The molecule has 1 N–H and O–H groups in total. The van der Waals surface area contributed by atoms with E-state index >= 15 is 0 Å². The number of carbonyl (C=O) groups excluding carboxylic acids is 1. The Hall–Kier alpha value is -2.47. The number of hydrogen-bond acceptors (Lipinski definition) is 5. The average molecular weight is 372 g/mol. The average Bonchev–Trinajstić information content (AvgIpc) is 3.02. The molecule has 0 spiro atoms. The Morgan fingerprint density at radius 3 is 2.78 bits per heavy atom. The second-order valence-corrected chi connectivity index (χ2v) is 5.83. The highest BCUT2D eigenvalue weighted by atomic mass is 79.9. The van der Waals surface area contributed by atoms with Gasteiger partial charge in [-0.3, -0.25) is 4.79 Å². The lowest BCUT2D eigenvalue weighted by atomic mass is 10.1. The zero-order valence-corrected chi connectivity index (χ0v) is 14.0. The Labute approximate surface area is 141 Å². The van der Waals surface area contributed by atoms with E-state index in [-0.39, 0.29) is 5.78 Å². The molecular weight excluding hydrogens is 358 g/mol. The van der Waals surface area contributed by atoms with Gasteiger partial charge in [0.2, 0.25) is 11.8 Å². The maximum absolute atomic E-state index is 11.4. The van der Waals surface area contributed by atoms with Crippen molar-refractivity contribution in [2.24, 2.45) is 0 Å². The summed E-state index contributed by atoms with van der Waals surface area (Å²) in [6.45, 7) is 1.93. The number of anilines is 1. The van der Waals surface area contributed by atoms with E-state index in [0.29, 0.717) is 23.9 Å². The largest absolute Gasteiger partial charge is 0.419 e. The van der Waals surface area contributed by atoms with E-state index in [2.05, 4.69) is 31.4 Å². The van der Waals surface area contributed by atoms with Gasteiger partial charge in [0, 0.05) is 15.7 Å². The molecule has 0 radical (unpaired) electrons. The van der Waals surface area contributed by atoms with Crippen LogP contribution in [0, 0.1) is 0 Å².